The Hall–Kier alpha value is -4.21. The molecule has 0 aliphatic heterocycles. The average Bonchev–Trinajstić information content (AvgIpc) is 3.56. The van der Waals surface area contributed by atoms with Crippen molar-refractivity contribution in [1.82, 2.24) is 10.2 Å². The van der Waals surface area contributed by atoms with Gasteiger partial charge in [-0.2, -0.15) is 0 Å². The minimum Gasteiger partial charge on any atom is -0.352 e. The molecule has 1 N–H and O–H groups in total. The molecule has 234 valence electrons. The van der Waals surface area contributed by atoms with Gasteiger partial charge in [-0.15, -0.1) is 0 Å². The van der Waals surface area contributed by atoms with E-state index in [9.17, 15) is 18.0 Å². The minimum atomic E-state index is -4.39. The van der Waals surface area contributed by atoms with Crippen LogP contribution in [0.25, 0.3) is 0 Å². The molecule has 0 heterocycles. The molecule has 0 radical (unpaired) electrons. The lowest BCUT2D eigenvalue weighted by atomic mass is 10.0. The van der Waals surface area contributed by atoms with Crippen molar-refractivity contribution in [3.05, 3.63) is 131 Å². The molecule has 45 heavy (non-hydrogen) atoms. The second-order valence-electron chi connectivity index (χ2n) is 11.1. The third kappa shape index (κ3) is 7.90. The maximum atomic E-state index is 15.2. The van der Waals surface area contributed by atoms with Crippen molar-refractivity contribution in [3.63, 3.8) is 0 Å². The van der Waals surface area contributed by atoms with E-state index in [0.717, 1.165) is 41.6 Å². The van der Waals surface area contributed by atoms with Crippen LogP contribution >= 0.6 is 11.6 Å². The van der Waals surface area contributed by atoms with E-state index in [4.69, 9.17) is 11.6 Å². The fourth-order valence-corrected chi connectivity index (χ4v) is 7.26. The molecule has 4 aromatic rings. The summed E-state index contributed by atoms with van der Waals surface area (Å²) >= 11 is 6.54. The number of nitrogens with zero attached hydrogens (tertiary/aromatic N) is 2. The number of anilines is 1. The molecule has 0 bridgehead atoms. The molecular weight excluding hydrogens is 613 g/mol. The van der Waals surface area contributed by atoms with E-state index in [0.29, 0.717) is 10.6 Å². The van der Waals surface area contributed by atoms with E-state index < -0.39 is 34.3 Å². The number of hydrogen-bond acceptors (Lipinski definition) is 4. The van der Waals surface area contributed by atoms with Crippen LogP contribution in [0.15, 0.2) is 114 Å². The summed E-state index contributed by atoms with van der Waals surface area (Å²) in [4.78, 5) is 29.8. The van der Waals surface area contributed by atoms with Crippen LogP contribution in [0.5, 0.6) is 0 Å². The molecule has 1 atom stereocenters. The van der Waals surface area contributed by atoms with Crippen LogP contribution in [-0.2, 0) is 32.6 Å². The van der Waals surface area contributed by atoms with Crippen molar-refractivity contribution < 1.29 is 22.4 Å². The van der Waals surface area contributed by atoms with Gasteiger partial charge in [0.25, 0.3) is 10.0 Å². The molecule has 0 saturated heterocycles. The normalized spacial score (nSPS) is 14.1. The van der Waals surface area contributed by atoms with Crippen LogP contribution in [-0.4, -0.2) is 43.8 Å². The Bertz CT molecular complexity index is 1720. The summed E-state index contributed by atoms with van der Waals surface area (Å²) in [7, 11) is -4.39. The molecule has 7 nitrogen and oxygen atoms in total. The van der Waals surface area contributed by atoms with Crippen LogP contribution in [0.3, 0.4) is 0 Å². The zero-order valence-corrected chi connectivity index (χ0v) is 26.3. The molecule has 1 saturated carbocycles. The van der Waals surface area contributed by atoms with Crippen LogP contribution in [0.1, 0.15) is 36.8 Å². The fraction of sp³-hybridized carbons (Fsp3) is 0.257. The highest BCUT2D eigenvalue weighted by atomic mass is 35.5. The zero-order chi connectivity index (χ0) is 31.8. The number of benzene rings is 4. The molecule has 4 aromatic carbocycles. The largest absolute Gasteiger partial charge is 0.352 e. The first-order valence-electron chi connectivity index (χ1n) is 14.9. The monoisotopic (exact) mass is 647 g/mol. The van der Waals surface area contributed by atoms with E-state index in [1.807, 2.05) is 30.3 Å². The van der Waals surface area contributed by atoms with Gasteiger partial charge in [0.05, 0.1) is 10.6 Å². The van der Waals surface area contributed by atoms with E-state index in [2.05, 4.69) is 5.32 Å². The Morgan fingerprint density at radius 2 is 1.44 bits per heavy atom. The summed E-state index contributed by atoms with van der Waals surface area (Å²) in [5.74, 6) is -1.82. The maximum Gasteiger partial charge on any atom is 0.264 e. The smallest absolute Gasteiger partial charge is 0.264 e. The van der Waals surface area contributed by atoms with Gasteiger partial charge >= 0.3 is 0 Å². The number of sulfonamides is 1. The average molecular weight is 648 g/mol. The summed E-state index contributed by atoms with van der Waals surface area (Å²) < 4.78 is 43.9. The van der Waals surface area contributed by atoms with Crippen molar-refractivity contribution in [2.24, 2.45) is 0 Å². The van der Waals surface area contributed by atoms with Gasteiger partial charge in [0.1, 0.15) is 18.4 Å². The fourth-order valence-electron chi connectivity index (χ4n) is 5.62. The van der Waals surface area contributed by atoms with Gasteiger partial charge < -0.3 is 10.2 Å². The Morgan fingerprint density at radius 1 is 0.844 bits per heavy atom. The van der Waals surface area contributed by atoms with Gasteiger partial charge in [0.15, 0.2) is 0 Å². The highest BCUT2D eigenvalue weighted by Crippen LogP contribution is 2.28. The van der Waals surface area contributed by atoms with Crippen molar-refractivity contribution >= 4 is 39.1 Å². The Morgan fingerprint density at radius 3 is 2.11 bits per heavy atom. The number of carbonyl (C=O) groups excluding carboxylic acids is 2. The summed E-state index contributed by atoms with van der Waals surface area (Å²) in [6.07, 6.45) is 3.88. The Labute approximate surface area is 268 Å². The van der Waals surface area contributed by atoms with Crippen LogP contribution < -0.4 is 9.62 Å². The second-order valence-corrected chi connectivity index (χ2v) is 13.4. The summed E-state index contributed by atoms with van der Waals surface area (Å²) in [5, 5.41) is 3.52. The predicted octanol–water partition coefficient (Wildman–Crippen LogP) is 6.37. The molecule has 5 rings (SSSR count). The molecule has 0 spiro atoms. The van der Waals surface area contributed by atoms with E-state index in [1.165, 1.54) is 35.2 Å². The lowest BCUT2D eigenvalue weighted by molar-refractivity contribution is -0.140. The van der Waals surface area contributed by atoms with Gasteiger partial charge in [0, 0.05) is 24.0 Å². The topological polar surface area (TPSA) is 86.8 Å². The summed E-state index contributed by atoms with van der Waals surface area (Å²) in [5.41, 5.74) is 1.13. The van der Waals surface area contributed by atoms with Gasteiger partial charge in [-0.05, 0) is 54.3 Å². The van der Waals surface area contributed by atoms with E-state index in [1.54, 1.807) is 42.5 Å². The highest BCUT2D eigenvalue weighted by molar-refractivity contribution is 7.92. The number of nitrogens with one attached hydrogen (secondary N) is 1. The van der Waals surface area contributed by atoms with Gasteiger partial charge in [-0.1, -0.05) is 103 Å². The third-order valence-electron chi connectivity index (χ3n) is 8.00. The third-order valence-corrected chi connectivity index (χ3v) is 10.1. The highest BCUT2D eigenvalue weighted by Gasteiger charge is 2.36. The number of hydrogen-bond donors (Lipinski definition) is 1. The first-order chi connectivity index (χ1) is 21.7. The maximum absolute atomic E-state index is 15.2. The quantitative estimate of drug-likeness (QED) is 0.194. The van der Waals surface area contributed by atoms with Gasteiger partial charge in [0.2, 0.25) is 11.8 Å². The van der Waals surface area contributed by atoms with Crippen LogP contribution in [0.4, 0.5) is 10.1 Å². The van der Waals surface area contributed by atoms with Gasteiger partial charge in [-0.25, -0.2) is 12.8 Å². The second kappa shape index (κ2) is 14.7. The lowest BCUT2D eigenvalue weighted by Crippen LogP contribution is -2.54. The Balaban J connectivity index is 1.57. The number of halogens is 2. The first-order valence-corrected chi connectivity index (χ1v) is 16.8. The number of rotatable bonds is 12. The van der Waals surface area contributed by atoms with Crippen molar-refractivity contribution in [3.8, 4) is 0 Å². The standard InChI is InChI=1S/C35H35ClFN3O4S/c36-30-20-10-7-15-27(30)24-39(33(23-26-13-3-1-4-14-26)35(42)38-28-16-8-9-17-28)34(41)25-40(32-22-12-11-21-31(32)37)45(43,44)29-18-5-2-6-19-29/h1-7,10-15,18-22,28,33H,8-9,16-17,23-25H2,(H,38,42). The lowest BCUT2D eigenvalue weighted by Gasteiger charge is -2.34. The molecule has 10 heteroatoms. The summed E-state index contributed by atoms with van der Waals surface area (Å²) in [6.45, 7) is -0.810. The zero-order valence-electron chi connectivity index (χ0n) is 24.7. The summed E-state index contributed by atoms with van der Waals surface area (Å²) in [6, 6.07) is 28.3. The molecule has 1 fully saturated rings. The van der Waals surface area contributed by atoms with Crippen LogP contribution in [0, 0.1) is 5.82 Å². The first kappa shape index (κ1) is 32.2. The number of carbonyl (C=O) groups is 2. The number of para-hydroxylation sites is 1. The predicted molar refractivity (Wildman–Crippen MR) is 174 cm³/mol. The van der Waals surface area contributed by atoms with E-state index >= 15 is 4.39 Å². The molecule has 1 unspecified atom stereocenters. The minimum absolute atomic E-state index is 0.0126. The molecule has 0 aromatic heterocycles. The van der Waals surface area contributed by atoms with Crippen molar-refractivity contribution in [2.45, 2.75) is 55.6 Å². The molecule has 1 aliphatic carbocycles. The molecule has 2 amide bonds. The molecular formula is C35H35ClFN3O4S. The SMILES string of the molecule is O=C(NC1CCCC1)C(Cc1ccccc1)N(Cc1ccccc1Cl)C(=O)CN(c1ccccc1F)S(=O)(=O)c1ccccc1. The van der Waals surface area contributed by atoms with Crippen LogP contribution in [0.2, 0.25) is 5.02 Å². The Kier molecular flexibility index (Phi) is 10.5. The van der Waals surface area contributed by atoms with Crippen molar-refractivity contribution in [1.29, 1.82) is 0 Å². The van der Waals surface area contributed by atoms with Crippen molar-refractivity contribution in [2.75, 3.05) is 10.8 Å². The number of amides is 2. The van der Waals surface area contributed by atoms with E-state index in [-0.39, 0.29) is 35.5 Å². The molecule has 1 aliphatic rings. The van der Waals surface area contributed by atoms with Gasteiger partial charge in [-0.3, -0.25) is 13.9 Å².